The summed E-state index contributed by atoms with van der Waals surface area (Å²) in [5.74, 6) is -0.342. The third kappa shape index (κ3) is 3.23. The van der Waals surface area contributed by atoms with Crippen molar-refractivity contribution in [1.82, 2.24) is 20.0 Å². The van der Waals surface area contributed by atoms with E-state index in [0.29, 0.717) is 24.1 Å². The van der Waals surface area contributed by atoms with Gasteiger partial charge in [0.1, 0.15) is 11.1 Å². The Balaban J connectivity index is 1.52. The Morgan fingerprint density at radius 2 is 1.72 bits per heavy atom. The first kappa shape index (κ1) is 19.6. The number of amides is 2. The van der Waals surface area contributed by atoms with Gasteiger partial charge in [0.2, 0.25) is 5.91 Å². The van der Waals surface area contributed by atoms with Crippen molar-refractivity contribution in [2.24, 2.45) is 7.05 Å². The fraction of sp³-hybridized carbons (Fsp3) is 0.500. The number of aromatic nitrogens is 2. The average molecular weight is 396 g/mol. The Labute approximate surface area is 170 Å². The summed E-state index contributed by atoms with van der Waals surface area (Å²) in [5.41, 5.74) is 0.876. The number of rotatable bonds is 4. The molecule has 0 radical (unpaired) electrons. The van der Waals surface area contributed by atoms with Gasteiger partial charge in [-0.1, -0.05) is 43.2 Å². The molecule has 7 nitrogen and oxygen atoms in total. The number of carbonyl (C=O) groups excluding carboxylic acids is 2. The van der Waals surface area contributed by atoms with Crippen LogP contribution in [0.1, 0.15) is 53.0 Å². The predicted molar refractivity (Wildman–Crippen MR) is 108 cm³/mol. The van der Waals surface area contributed by atoms with Gasteiger partial charge in [0.25, 0.3) is 5.91 Å². The van der Waals surface area contributed by atoms with Crippen LogP contribution < -0.4 is 5.32 Å². The summed E-state index contributed by atoms with van der Waals surface area (Å²) in [6.45, 7) is 4.16. The van der Waals surface area contributed by atoms with Crippen LogP contribution in [0.3, 0.4) is 0 Å². The molecule has 1 aliphatic carbocycles. The predicted octanol–water partition coefficient (Wildman–Crippen LogP) is 1.81. The van der Waals surface area contributed by atoms with Crippen molar-refractivity contribution in [1.29, 1.82) is 0 Å². The summed E-state index contributed by atoms with van der Waals surface area (Å²) in [6.07, 6.45) is 3.04. The number of likely N-dealkylation sites (tertiary alicyclic amines) is 1. The molecule has 2 heterocycles. The number of benzene rings is 1. The Morgan fingerprint density at radius 1 is 1.10 bits per heavy atom. The molecule has 2 amide bonds. The van der Waals surface area contributed by atoms with E-state index in [-0.39, 0.29) is 24.9 Å². The van der Waals surface area contributed by atoms with Crippen molar-refractivity contribution in [2.45, 2.75) is 50.7 Å². The lowest BCUT2D eigenvalue weighted by Gasteiger charge is -2.49. The van der Waals surface area contributed by atoms with Crippen LogP contribution in [0.2, 0.25) is 0 Å². The van der Waals surface area contributed by atoms with E-state index in [1.54, 1.807) is 23.6 Å². The van der Waals surface area contributed by atoms with Crippen LogP contribution in [-0.4, -0.2) is 50.2 Å². The molecule has 1 saturated carbocycles. The Hall–Kier alpha value is -2.67. The molecule has 1 saturated heterocycles. The maximum Gasteiger partial charge on any atom is 0.255 e. The van der Waals surface area contributed by atoms with Gasteiger partial charge in [0, 0.05) is 12.7 Å². The van der Waals surface area contributed by atoms with Crippen molar-refractivity contribution in [3.05, 3.63) is 52.8 Å². The maximum atomic E-state index is 13.4. The summed E-state index contributed by atoms with van der Waals surface area (Å²) < 4.78 is 1.68. The lowest BCUT2D eigenvalue weighted by molar-refractivity contribution is -0.163. The highest BCUT2D eigenvalue weighted by atomic mass is 16.3. The van der Waals surface area contributed by atoms with E-state index >= 15 is 0 Å². The summed E-state index contributed by atoms with van der Waals surface area (Å²) in [7, 11) is 1.81. The summed E-state index contributed by atoms with van der Waals surface area (Å²) in [5, 5.41) is 18.2. The van der Waals surface area contributed by atoms with Gasteiger partial charge in [0.05, 0.1) is 24.3 Å². The molecule has 154 valence electrons. The van der Waals surface area contributed by atoms with Crippen LogP contribution >= 0.6 is 0 Å². The van der Waals surface area contributed by atoms with Gasteiger partial charge in [0.15, 0.2) is 0 Å². The molecule has 0 unspecified atom stereocenters. The molecule has 7 heteroatoms. The minimum Gasteiger partial charge on any atom is -0.381 e. The molecule has 2 N–H and O–H groups in total. The number of hydrogen-bond acceptors (Lipinski definition) is 4. The standard InChI is InChI=1S/C22H28N4O3/c1-15-18(16(2)25(3)24-15)19(27)23-21(11-7-8-12-21)20(28)26-13-22(29,14-26)17-9-5-4-6-10-17/h4-6,9-10,29H,7-8,11-14H2,1-3H3,(H,23,27). The maximum absolute atomic E-state index is 13.4. The quantitative estimate of drug-likeness (QED) is 0.825. The fourth-order valence-electron chi connectivity index (χ4n) is 4.72. The second kappa shape index (κ2) is 6.99. The molecule has 2 aliphatic rings. The van der Waals surface area contributed by atoms with E-state index in [0.717, 1.165) is 24.1 Å². The van der Waals surface area contributed by atoms with Crippen molar-refractivity contribution >= 4 is 11.8 Å². The molecule has 0 spiro atoms. The summed E-state index contributed by atoms with van der Waals surface area (Å²) in [4.78, 5) is 28.1. The Kier molecular flexibility index (Phi) is 4.73. The Bertz CT molecular complexity index is 938. The number of β-amino-alcohol motifs (C(OH)–C–C–N with tert-alkyl or cyclic N) is 1. The fourth-order valence-corrected chi connectivity index (χ4v) is 4.72. The number of aliphatic hydroxyl groups is 1. The van der Waals surface area contributed by atoms with Gasteiger partial charge < -0.3 is 15.3 Å². The number of carbonyl (C=O) groups is 2. The highest BCUT2D eigenvalue weighted by Crippen LogP contribution is 2.38. The summed E-state index contributed by atoms with van der Waals surface area (Å²) >= 11 is 0. The van der Waals surface area contributed by atoms with Gasteiger partial charge in [-0.05, 0) is 32.3 Å². The minimum absolute atomic E-state index is 0.0943. The van der Waals surface area contributed by atoms with E-state index in [1.165, 1.54) is 0 Å². The first-order chi connectivity index (χ1) is 13.8. The van der Waals surface area contributed by atoms with Crippen LogP contribution in [0.15, 0.2) is 30.3 Å². The second-order valence-corrected chi connectivity index (χ2v) is 8.47. The lowest BCUT2D eigenvalue weighted by Crippen LogP contribution is -2.68. The highest BCUT2D eigenvalue weighted by molar-refractivity contribution is 6.01. The van der Waals surface area contributed by atoms with E-state index < -0.39 is 11.1 Å². The van der Waals surface area contributed by atoms with Gasteiger partial charge >= 0.3 is 0 Å². The molecule has 1 aliphatic heterocycles. The first-order valence-corrected chi connectivity index (χ1v) is 10.2. The second-order valence-electron chi connectivity index (χ2n) is 8.47. The lowest BCUT2D eigenvalue weighted by atomic mass is 9.83. The topological polar surface area (TPSA) is 87.5 Å². The van der Waals surface area contributed by atoms with Crippen molar-refractivity contribution in [3.8, 4) is 0 Å². The molecule has 1 aromatic heterocycles. The zero-order valence-electron chi connectivity index (χ0n) is 17.2. The van der Waals surface area contributed by atoms with Crippen LogP contribution in [0.25, 0.3) is 0 Å². The van der Waals surface area contributed by atoms with Crippen LogP contribution in [-0.2, 0) is 17.4 Å². The first-order valence-electron chi connectivity index (χ1n) is 10.2. The molecule has 0 bridgehead atoms. The number of nitrogens with one attached hydrogen (secondary N) is 1. The average Bonchev–Trinajstić information content (AvgIpc) is 3.24. The van der Waals surface area contributed by atoms with Gasteiger partial charge in [-0.3, -0.25) is 14.3 Å². The third-order valence-corrected chi connectivity index (χ3v) is 6.46. The van der Waals surface area contributed by atoms with E-state index in [1.807, 2.05) is 37.3 Å². The zero-order chi connectivity index (χ0) is 20.8. The smallest absolute Gasteiger partial charge is 0.255 e. The summed E-state index contributed by atoms with van der Waals surface area (Å²) in [6, 6.07) is 9.43. The van der Waals surface area contributed by atoms with Crippen LogP contribution in [0.4, 0.5) is 0 Å². The van der Waals surface area contributed by atoms with E-state index in [9.17, 15) is 14.7 Å². The molecule has 4 rings (SSSR count). The van der Waals surface area contributed by atoms with Gasteiger partial charge in [-0.15, -0.1) is 0 Å². The number of hydrogen-bond donors (Lipinski definition) is 2. The van der Waals surface area contributed by atoms with Crippen molar-refractivity contribution < 1.29 is 14.7 Å². The molecule has 1 aromatic carbocycles. The largest absolute Gasteiger partial charge is 0.381 e. The molecule has 29 heavy (non-hydrogen) atoms. The van der Waals surface area contributed by atoms with Crippen LogP contribution in [0.5, 0.6) is 0 Å². The van der Waals surface area contributed by atoms with Crippen molar-refractivity contribution in [3.63, 3.8) is 0 Å². The zero-order valence-corrected chi connectivity index (χ0v) is 17.2. The number of aryl methyl sites for hydroxylation is 2. The van der Waals surface area contributed by atoms with E-state index in [4.69, 9.17) is 0 Å². The molecule has 2 aromatic rings. The van der Waals surface area contributed by atoms with E-state index in [2.05, 4.69) is 10.4 Å². The Morgan fingerprint density at radius 3 is 2.28 bits per heavy atom. The minimum atomic E-state index is -1.02. The molecular weight excluding hydrogens is 368 g/mol. The number of nitrogens with zero attached hydrogens (tertiary/aromatic N) is 3. The normalized spacial score (nSPS) is 19.7. The highest BCUT2D eigenvalue weighted by Gasteiger charge is 2.52. The third-order valence-electron chi connectivity index (χ3n) is 6.46. The van der Waals surface area contributed by atoms with Crippen molar-refractivity contribution in [2.75, 3.05) is 13.1 Å². The molecular formula is C22H28N4O3. The van der Waals surface area contributed by atoms with Gasteiger partial charge in [-0.2, -0.15) is 5.10 Å². The molecule has 2 fully saturated rings. The molecule has 0 atom stereocenters. The van der Waals surface area contributed by atoms with Crippen LogP contribution in [0, 0.1) is 13.8 Å². The SMILES string of the molecule is Cc1nn(C)c(C)c1C(=O)NC1(C(=O)N2CC(O)(c3ccccc3)C2)CCCC1. The monoisotopic (exact) mass is 396 g/mol. The van der Waals surface area contributed by atoms with Gasteiger partial charge in [-0.25, -0.2) is 0 Å².